The van der Waals surface area contributed by atoms with E-state index in [1.807, 2.05) is 26.8 Å². The van der Waals surface area contributed by atoms with Crippen LogP contribution in [0.15, 0.2) is 12.3 Å². The number of carbonyl (C=O) groups excluding carboxylic acids is 1. The topological polar surface area (TPSA) is 55.3 Å². The number of ether oxygens (including phenoxy) is 1. The summed E-state index contributed by atoms with van der Waals surface area (Å²) in [6, 6.07) is 0. The summed E-state index contributed by atoms with van der Waals surface area (Å²) in [6.45, 7) is 6.52. The van der Waals surface area contributed by atoms with Crippen LogP contribution in [-0.2, 0) is 4.74 Å². The molecular weight excluding hydrogens is 313 g/mol. The van der Waals surface area contributed by atoms with Crippen molar-refractivity contribution in [3.63, 3.8) is 0 Å². The highest BCUT2D eigenvalue weighted by atomic mass is 35.5. The van der Waals surface area contributed by atoms with Crippen LogP contribution in [0.2, 0.25) is 10.3 Å². The second-order valence-electron chi connectivity index (χ2n) is 5.76. The fourth-order valence-electron chi connectivity index (χ4n) is 1.97. The van der Waals surface area contributed by atoms with Crippen molar-refractivity contribution in [3.8, 4) is 0 Å². The minimum Gasteiger partial charge on any atom is -0.444 e. The molecule has 0 unspecified atom stereocenters. The van der Waals surface area contributed by atoms with Crippen LogP contribution in [0.25, 0.3) is 5.57 Å². The maximum atomic E-state index is 12.1. The van der Waals surface area contributed by atoms with Crippen LogP contribution in [0.3, 0.4) is 0 Å². The molecule has 0 saturated heterocycles. The normalized spacial score (nSPS) is 15.7. The predicted molar refractivity (Wildman–Crippen MR) is 82.5 cm³/mol. The van der Waals surface area contributed by atoms with Crippen LogP contribution in [-0.4, -0.2) is 39.7 Å². The third-order valence-corrected chi connectivity index (χ3v) is 3.28. The molecule has 0 radical (unpaired) electrons. The van der Waals surface area contributed by atoms with Gasteiger partial charge in [-0.25, -0.2) is 14.8 Å². The quantitative estimate of drug-likeness (QED) is 0.735. The minimum atomic E-state index is -0.520. The lowest BCUT2D eigenvalue weighted by atomic mass is 10.1. The average Bonchev–Trinajstić information content (AvgIpc) is 2.40. The van der Waals surface area contributed by atoms with Crippen molar-refractivity contribution in [2.45, 2.75) is 32.8 Å². The van der Waals surface area contributed by atoms with Crippen LogP contribution in [0.1, 0.15) is 32.9 Å². The van der Waals surface area contributed by atoms with Gasteiger partial charge in [0, 0.05) is 6.54 Å². The van der Waals surface area contributed by atoms with E-state index in [-0.39, 0.29) is 11.4 Å². The van der Waals surface area contributed by atoms with Crippen molar-refractivity contribution in [3.05, 3.63) is 28.3 Å². The summed E-state index contributed by atoms with van der Waals surface area (Å²) in [5.74, 6) is 0. The van der Waals surface area contributed by atoms with E-state index in [2.05, 4.69) is 9.97 Å². The van der Waals surface area contributed by atoms with Crippen molar-refractivity contribution < 1.29 is 9.53 Å². The second kappa shape index (κ2) is 6.20. The first-order valence-corrected chi connectivity index (χ1v) is 7.37. The number of hydrogen-bond donors (Lipinski definition) is 0. The van der Waals surface area contributed by atoms with E-state index in [0.717, 1.165) is 5.57 Å². The first-order chi connectivity index (χ1) is 9.76. The number of aromatic nitrogens is 2. The smallest absolute Gasteiger partial charge is 0.410 e. The second-order valence-corrected chi connectivity index (χ2v) is 6.50. The van der Waals surface area contributed by atoms with Crippen LogP contribution in [0, 0.1) is 0 Å². The summed E-state index contributed by atoms with van der Waals surface area (Å²) in [7, 11) is 0. The Balaban J connectivity index is 2.16. The van der Waals surface area contributed by atoms with Gasteiger partial charge in [-0.3, -0.25) is 0 Å². The molecule has 0 fully saturated rings. The van der Waals surface area contributed by atoms with Gasteiger partial charge >= 0.3 is 6.09 Å². The molecule has 21 heavy (non-hydrogen) atoms. The molecule has 7 heteroatoms. The van der Waals surface area contributed by atoms with Gasteiger partial charge in [0.1, 0.15) is 5.60 Å². The number of amides is 1. The Morgan fingerprint density at radius 3 is 2.76 bits per heavy atom. The summed E-state index contributed by atoms with van der Waals surface area (Å²) in [6.07, 6.45) is 3.83. The summed E-state index contributed by atoms with van der Waals surface area (Å²) >= 11 is 11.9. The molecule has 1 aromatic rings. The van der Waals surface area contributed by atoms with Gasteiger partial charge in [0.25, 0.3) is 0 Å². The third-order valence-electron chi connectivity index (χ3n) is 2.82. The number of rotatable bonds is 1. The van der Waals surface area contributed by atoms with Gasteiger partial charge < -0.3 is 9.64 Å². The molecule has 0 bridgehead atoms. The number of carbonyl (C=O) groups is 1. The van der Waals surface area contributed by atoms with Crippen LogP contribution < -0.4 is 0 Å². The van der Waals surface area contributed by atoms with Gasteiger partial charge in [-0.1, -0.05) is 17.7 Å². The highest BCUT2D eigenvalue weighted by Crippen LogP contribution is 2.26. The van der Waals surface area contributed by atoms with Crippen LogP contribution >= 0.6 is 23.2 Å². The molecule has 0 aromatic carbocycles. The SMILES string of the molecule is CC(C)(C)OC(=O)N1CCC=C(c2nc(Cl)ncc2Cl)C1. The summed E-state index contributed by atoms with van der Waals surface area (Å²) < 4.78 is 5.38. The lowest BCUT2D eigenvalue weighted by Crippen LogP contribution is -2.39. The average molecular weight is 330 g/mol. The number of hydrogen-bond acceptors (Lipinski definition) is 4. The van der Waals surface area contributed by atoms with Gasteiger partial charge in [0.2, 0.25) is 5.28 Å². The Morgan fingerprint density at radius 1 is 1.38 bits per heavy atom. The lowest BCUT2D eigenvalue weighted by Gasteiger charge is -2.30. The van der Waals surface area contributed by atoms with E-state index in [1.54, 1.807) is 4.90 Å². The maximum Gasteiger partial charge on any atom is 0.410 e. The molecular formula is C14H17Cl2N3O2. The Hall–Kier alpha value is -1.33. The summed E-state index contributed by atoms with van der Waals surface area (Å²) in [4.78, 5) is 21.7. The Kier molecular flexibility index (Phi) is 4.74. The Labute approximate surface area is 133 Å². The molecule has 0 spiro atoms. The fourth-order valence-corrected chi connectivity index (χ4v) is 2.31. The summed E-state index contributed by atoms with van der Waals surface area (Å²) in [5.41, 5.74) is 0.889. The molecule has 5 nitrogen and oxygen atoms in total. The maximum absolute atomic E-state index is 12.1. The van der Waals surface area contributed by atoms with Crippen molar-refractivity contribution in [1.29, 1.82) is 0 Å². The molecule has 0 saturated carbocycles. The third kappa shape index (κ3) is 4.32. The van der Waals surface area contributed by atoms with E-state index in [4.69, 9.17) is 27.9 Å². The fraction of sp³-hybridized carbons (Fsp3) is 0.500. The first kappa shape index (κ1) is 16.0. The van der Waals surface area contributed by atoms with Crippen LogP contribution in [0.4, 0.5) is 4.79 Å². The first-order valence-electron chi connectivity index (χ1n) is 6.61. The van der Waals surface area contributed by atoms with E-state index in [1.165, 1.54) is 6.20 Å². The molecule has 0 aliphatic carbocycles. The molecule has 2 rings (SSSR count). The van der Waals surface area contributed by atoms with Crippen LogP contribution in [0.5, 0.6) is 0 Å². The minimum absolute atomic E-state index is 0.129. The molecule has 1 amide bonds. The Bertz CT molecular complexity index is 582. The van der Waals surface area contributed by atoms with Crippen molar-refractivity contribution in [2.24, 2.45) is 0 Å². The van der Waals surface area contributed by atoms with Crippen molar-refractivity contribution in [1.82, 2.24) is 14.9 Å². The molecule has 1 aromatic heterocycles. The molecule has 0 N–H and O–H groups in total. The van der Waals surface area contributed by atoms with E-state index >= 15 is 0 Å². The number of nitrogens with zero attached hydrogens (tertiary/aromatic N) is 3. The zero-order chi connectivity index (χ0) is 15.6. The van der Waals surface area contributed by atoms with E-state index < -0.39 is 5.60 Å². The molecule has 1 aliphatic heterocycles. The molecule has 0 atom stereocenters. The van der Waals surface area contributed by atoms with Gasteiger partial charge in [0.05, 0.1) is 23.5 Å². The standard InChI is InChI=1S/C14H17Cl2N3O2/c1-14(2,3)21-13(20)19-6-4-5-9(8-19)11-10(15)7-17-12(16)18-11/h5,7H,4,6,8H2,1-3H3. The highest BCUT2D eigenvalue weighted by Gasteiger charge is 2.25. The van der Waals surface area contributed by atoms with E-state index in [0.29, 0.717) is 30.2 Å². The zero-order valence-electron chi connectivity index (χ0n) is 12.2. The van der Waals surface area contributed by atoms with Gasteiger partial charge in [0.15, 0.2) is 0 Å². The zero-order valence-corrected chi connectivity index (χ0v) is 13.7. The molecule has 2 heterocycles. The monoisotopic (exact) mass is 329 g/mol. The predicted octanol–water partition coefficient (Wildman–Crippen LogP) is 3.81. The lowest BCUT2D eigenvalue weighted by molar-refractivity contribution is 0.0273. The van der Waals surface area contributed by atoms with Gasteiger partial charge in [-0.15, -0.1) is 0 Å². The van der Waals surface area contributed by atoms with Crippen molar-refractivity contribution in [2.75, 3.05) is 13.1 Å². The van der Waals surface area contributed by atoms with Crippen molar-refractivity contribution >= 4 is 34.9 Å². The number of halogens is 2. The van der Waals surface area contributed by atoms with Gasteiger partial charge in [-0.05, 0) is 44.4 Å². The van der Waals surface area contributed by atoms with E-state index in [9.17, 15) is 4.79 Å². The largest absolute Gasteiger partial charge is 0.444 e. The van der Waals surface area contributed by atoms with Gasteiger partial charge in [-0.2, -0.15) is 0 Å². The Morgan fingerprint density at radius 2 is 2.10 bits per heavy atom. The molecule has 114 valence electrons. The summed E-state index contributed by atoms with van der Waals surface area (Å²) in [5, 5.41) is 0.543. The highest BCUT2D eigenvalue weighted by molar-refractivity contribution is 6.32. The molecule has 1 aliphatic rings.